The van der Waals surface area contributed by atoms with Crippen molar-refractivity contribution in [2.24, 2.45) is 0 Å². The van der Waals surface area contributed by atoms with E-state index in [0.717, 1.165) is 4.57 Å². The van der Waals surface area contributed by atoms with E-state index in [1.807, 2.05) is 0 Å². The number of methoxy groups -OCH3 is 1. The summed E-state index contributed by atoms with van der Waals surface area (Å²) in [6.07, 6.45) is -2.84. The molecule has 1 aromatic heterocycles. The monoisotopic (exact) mass is 438 g/mol. The second kappa shape index (κ2) is 9.40. The molecule has 2 unspecified atom stereocenters. The number of carbonyl (C=O) groups is 1. The Bertz CT molecular complexity index is 854. The number of aromatic amines is 1. The molecule has 2 rings (SSSR count). The SMILES string of the molecule is CO[C@@H]1[C@H](OC(C)C)C(COP(O)(=S)CC(=O)O)O[C@H]1n1ccc(=O)[nH]c1=O. The Kier molecular flexibility index (Phi) is 7.68. The minimum Gasteiger partial charge on any atom is -0.481 e. The lowest BCUT2D eigenvalue weighted by Crippen LogP contribution is -2.41. The molecule has 11 nitrogen and oxygen atoms in total. The van der Waals surface area contributed by atoms with Gasteiger partial charge in [0.1, 0.15) is 24.5 Å². The number of carboxylic acid groups (broad SMARTS) is 1. The maximum absolute atomic E-state index is 12.1. The van der Waals surface area contributed by atoms with Gasteiger partial charge < -0.3 is 28.7 Å². The van der Waals surface area contributed by atoms with Crippen molar-refractivity contribution in [3.05, 3.63) is 33.1 Å². The normalized spacial score (nSPS) is 27.0. The van der Waals surface area contributed by atoms with Gasteiger partial charge in [0.15, 0.2) is 12.7 Å². The van der Waals surface area contributed by atoms with Crippen LogP contribution in [0.15, 0.2) is 21.9 Å². The zero-order valence-corrected chi connectivity index (χ0v) is 17.2. The average Bonchev–Trinajstić information content (AvgIpc) is 2.88. The van der Waals surface area contributed by atoms with Crippen molar-refractivity contribution in [3.8, 4) is 0 Å². The highest BCUT2D eigenvalue weighted by Gasteiger charge is 2.48. The number of ether oxygens (including phenoxy) is 3. The predicted molar refractivity (Wildman–Crippen MR) is 101 cm³/mol. The topological polar surface area (TPSA) is 149 Å². The Morgan fingerprint density at radius 2 is 2.11 bits per heavy atom. The molecule has 0 spiro atoms. The van der Waals surface area contributed by atoms with Crippen LogP contribution in [0.5, 0.6) is 0 Å². The molecule has 158 valence electrons. The van der Waals surface area contributed by atoms with Crippen LogP contribution < -0.4 is 11.2 Å². The molecule has 28 heavy (non-hydrogen) atoms. The van der Waals surface area contributed by atoms with Gasteiger partial charge in [-0.2, -0.15) is 0 Å². The fraction of sp³-hybridized carbons (Fsp3) is 0.667. The quantitative estimate of drug-likeness (QED) is 0.437. The van der Waals surface area contributed by atoms with Crippen molar-refractivity contribution >= 4 is 24.3 Å². The first kappa shape index (κ1) is 22.9. The summed E-state index contributed by atoms with van der Waals surface area (Å²) >= 11 is 4.84. The van der Waals surface area contributed by atoms with E-state index in [-0.39, 0.29) is 12.7 Å². The highest BCUT2D eigenvalue weighted by atomic mass is 32.5. The third-order valence-electron chi connectivity index (χ3n) is 3.89. The minimum absolute atomic E-state index is 0.226. The largest absolute Gasteiger partial charge is 0.481 e. The van der Waals surface area contributed by atoms with E-state index in [4.69, 9.17) is 35.6 Å². The zero-order chi connectivity index (χ0) is 21.1. The third kappa shape index (κ3) is 5.80. The van der Waals surface area contributed by atoms with Gasteiger partial charge in [-0.1, -0.05) is 0 Å². The predicted octanol–water partition coefficient (Wildman–Crippen LogP) is -0.354. The summed E-state index contributed by atoms with van der Waals surface area (Å²) in [4.78, 5) is 46.4. The van der Waals surface area contributed by atoms with E-state index in [1.54, 1.807) is 13.8 Å². The van der Waals surface area contributed by atoms with Crippen LogP contribution in [0.3, 0.4) is 0 Å². The zero-order valence-electron chi connectivity index (χ0n) is 15.5. The lowest BCUT2D eigenvalue weighted by atomic mass is 10.1. The molecule has 13 heteroatoms. The van der Waals surface area contributed by atoms with Gasteiger partial charge in [0, 0.05) is 19.4 Å². The van der Waals surface area contributed by atoms with Crippen molar-refractivity contribution in [2.45, 2.75) is 44.5 Å². The van der Waals surface area contributed by atoms with Crippen LogP contribution in [-0.2, 0) is 35.3 Å². The van der Waals surface area contributed by atoms with Crippen LogP contribution in [0.25, 0.3) is 0 Å². The fourth-order valence-corrected chi connectivity index (χ4v) is 4.16. The van der Waals surface area contributed by atoms with Gasteiger partial charge in [0.05, 0.1) is 12.7 Å². The van der Waals surface area contributed by atoms with Crippen molar-refractivity contribution < 1.29 is 33.5 Å². The van der Waals surface area contributed by atoms with E-state index in [2.05, 4.69) is 4.98 Å². The van der Waals surface area contributed by atoms with E-state index >= 15 is 0 Å². The first-order chi connectivity index (χ1) is 13.0. The highest BCUT2D eigenvalue weighted by molar-refractivity contribution is 8.09. The van der Waals surface area contributed by atoms with Crippen molar-refractivity contribution in [3.63, 3.8) is 0 Å². The number of nitrogens with one attached hydrogen (secondary N) is 1. The molecule has 0 saturated carbocycles. The van der Waals surface area contributed by atoms with Gasteiger partial charge in [-0.05, 0) is 25.7 Å². The third-order valence-corrected chi connectivity index (χ3v) is 5.81. The van der Waals surface area contributed by atoms with Crippen molar-refractivity contribution in [2.75, 3.05) is 19.9 Å². The van der Waals surface area contributed by atoms with E-state index in [9.17, 15) is 19.3 Å². The number of hydrogen-bond donors (Lipinski definition) is 3. The maximum atomic E-state index is 12.1. The Hall–Kier alpha value is -1.40. The summed E-state index contributed by atoms with van der Waals surface area (Å²) in [6.45, 7) is -0.220. The van der Waals surface area contributed by atoms with Crippen LogP contribution >= 0.6 is 6.49 Å². The summed E-state index contributed by atoms with van der Waals surface area (Å²) in [7, 11) is 1.42. The highest BCUT2D eigenvalue weighted by Crippen LogP contribution is 2.43. The molecule has 0 bridgehead atoms. The molecule has 0 aliphatic carbocycles. The van der Waals surface area contributed by atoms with Gasteiger partial charge in [-0.15, -0.1) is 0 Å². The summed E-state index contributed by atoms with van der Waals surface area (Å²) in [5.41, 5.74) is -1.25. The van der Waals surface area contributed by atoms with E-state index in [0.29, 0.717) is 0 Å². The van der Waals surface area contributed by atoms with E-state index < -0.39 is 54.4 Å². The molecule has 1 saturated heterocycles. The van der Waals surface area contributed by atoms with Gasteiger partial charge in [0.25, 0.3) is 5.56 Å². The average molecular weight is 438 g/mol. The molecule has 1 aromatic rings. The molecule has 5 atom stereocenters. The Morgan fingerprint density at radius 3 is 2.64 bits per heavy atom. The lowest BCUT2D eigenvalue weighted by Gasteiger charge is -2.26. The first-order valence-electron chi connectivity index (χ1n) is 8.37. The van der Waals surface area contributed by atoms with Crippen LogP contribution in [0, 0.1) is 0 Å². The van der Waals surface area contributed by atoms with Gasteiger partial charge >= 0.3 is 11.7 Å². The molecule has 1 fully saturated rings. The van der Waals surface area contributed by atoms with Crippen LogP contribution in [-0.4, -0.2) is 69.8 Å². The lowest BCUT2D eigenvalue weighted by molar-refractivity contribution is -0.134. The first-order valence-corrected chi connectivity index (χ1v) is 11.2. The Balaban J connectivity index is 2.28. The molecule has 0 radical (unpaired) electrons. The molecule has 1 aliphatic heterocycles. The van der Waals surface area contributed by atoms with Gasteiger partial charge in [0.2, 0.25) is 0 Å². The number of carboxylic acids is 1. The molecule has 2 heterocycles. The number of rotatable bonds is 9. The van der Waals surface area contributed by atoms with Crippen LogP contribution in [0.4, 0.5) is 0 Å². The molecular formula is C15H23N2O9PS. The van der Waals surface area contributed by atoms with Crippen molar-refractivity contribution in [1.82, 2.24) is 9.55 Å². The summed E-state index contributed by atoms with van der Waals surface area (Å²) in [5, 5.41) is 8.81. The van der Waals surface area contributed by atoms with Crippen LogP contribution in [0.2, 0.25) is 0 Å². The van der Waals surface area contributed by atoms with Crippen LogP contribution in [0.1, 0.15) is 20.1 Å². The summed E-state index contributed by atoms with van der Waals surface area (Å²) in [5.74, 6) is -1.28. The molecule has 1 aliphatic rings. The number of hydrogen-bond acceptors (Lipinski definition) is 8. The number of H-pyrrole nitrogens is 1. The number of aliphatic carboxylic acids is 1. The summed E-state index contributed by atoms with van der Waals surface area (Å²) in [6, 6.07) is 1.17. The second-order valence-corrected chi connectivity index (χ2v) is 9.98. The molecule has 3 N–H and O–H groups in total. The molecule has 0 aromatic carbocycles. The Morgan fingerprint density at radius 1 is 1.43 bits per heavy atom. The molecule has 0 amide bonds. The molecular weight excluding hydrogens is 415 g/mol. The minimum atomic E-state index is -3.56. The number of nitrogens with zero attached hydrogens (tertiary/aromatic N) is 1. The second-order valence-electron chi connectivity index (χ2n) is 6.42. The van der Waals surface area contributed by atoms with E-state index in [1.165, 1.54) is 19.4 Å². The van der Waals surface area contributed by atoms with Gasteiger partial charge in [-0.25, -0.2) is 4.79 Å². The summed E-state index contributed by atoms with van der Waals surface area (Å²) < 4.78 is 23.6. The smallest absolute Gasteiger partial charge is 0.330 e. The Labute approximate surface area is 165 Å². The fourth-order valence-electron chi connectivity index (χ4n) is 2.83. The van der Waals surface area contributed by atoms with Crippen molar-refractivity contribution in [1.29, 1.82) is 0 Å². The maximum Gasteiger partial charge on any atom is 0.330 e. The van der Waals surface area contributed by atoms with Gasteiger partial charge in [-0.3, -0.25) is 19.1 Å². The standard InChI is InChI=1S/C15H23N2O9PS/c1-8(2)25-12-9(6-24-27(22,28)7-11(19)20)26-14(13(12)23-3)17-5-4-10(18)16-15(17)21/h4-5,8-9,12-14H,6-7H2,1-3H3,(H,19,20)(H,22,28)(H,16,18,21)/t9?,12-,13-,14-,27?/m1/s1. The number of aromatic nitrogens is 2.